The quantitative estimate of drug-likeness (QED) is 0.115. The van der Waals surface area contributed by atoms with Gasteiger partial charge in [-0.15, -0.1) is 33.2 Å². The molecule has 0 spiro atoms. The van der Waals surface area contributed by atoms with Gasteiger partial charge in [-0.3, -0.25) is 0 Å². The Morgan fingerprint density at radius 3 is 1.59 bits per heavy atom. The predicted octanol–water partition coefficient (Wildman–Crippen LogP) is 7.53. The van der Waals surface area contributed by atoms with Gasteiger partial charge in [-0.2, -0.15) is 0 Å². The van der Waals surface area contributed by atoms with Crippen LogP contribution in [0.2, 0.25) is 6.04 Å². The molecule has 0 bridgehead atoms. The lowest BCUT2D eigenvalue weighted by atomic mass is 10.1. The summed E-state index contributed by atoms with van der Waals surface area (Å²) in [6.07, 6.45) is 14.2. The van der Waals surface area contributed by atoms with E-state index in [1.807, 2.05) is 6.92 Å². The van der Waals surface area contributed by atoms with E-state index in [-0.39, 0.29) is 0 Å². The van der Waals surface area contributed by atoms with Crippen molar-refractivity contribution < 1.29 is 4.74 Å². The molecule has 0 radical (unpaired) electrons. The van der Waals surface area contributed by atoms with Crippen LogP contribution in [-0.2, 0) is 4.74 Å². The second kappa shape index (κ2) is 15.3. The topological polar surface area (TPSA) is 9.23 Å². The third kappa shape index (κ3) is 20.8. The highest BCUT2D eigenvalue weighted by Crippen LogP contribution is 2.27. The smallest absolute Gasteiger partial charge is 0.341 e. The number of unbranched alkanes of at least 4 members (excludes halogenated alkanes) is 10. The lowest BCUT2D eigenvalue weighted by Gasteiger charge is -2.07. The minimum absolute atomic E-state index is 0.712. The molecule has 0 aliphatic carbocycles. The Kier molecular flexibility index (Phi) is 15.9. The molecule has 0 aliphatic rings. The van der Waals surface area contributed by atoms with E-state index in [4.69, 9.17) is 38.0 Å². The van der Waals surface area contributed by atoms with Gasteiger partial charge >= 0.3 is 6.00 Å². The van der Waals surface area contributed by atoms with E-state index >= 15 is 0 Å². The maximum atomic E-state index is 5.86. The summed E-state index contributed by atoms with van der Waals surface area (Å²) in [6.45, 7) is 7.42. The molecule has 132 valence electrons. The van der Waals surface area contributed by atoms with E-state index in [2.05, 4.69) is 6.58 Å². The Bertz CT molecular complexity index is 267. The lowest BCUT2D eigenvalue weighted by Crippen LogP contribution is -2.07. The van der Waals surface area contributed by atoms with Crippen molar-refractivity contribution in [2.45, 2.75) is 83.6 Å². The molecule has 0 fully saturated rings. The zero-order chi connectivity index (χ0) is 16.7. The number of hydrogen-bond donors (Lipinski definition) is 0. The van der Waals surface area contributed by atoms with Crippen LogP contribution in [0, 0.1) is 0 Å². The van der Waals surface area contributed by atoms with Crippen LogP contribution in [0.25, 0.3) is 0 Å². The van der Waals surface area contributed by atoms with Crippen molar-refractivity contribution in [3.63, 3.8) is 0 Å². The Morgan fingerprint density at radius 1 is 0.773 bits per heavy atom. The van der Waals surface area contributed by atoms with Gasteiger partial charge in [0.25, 0.3) is 0 Å². The fourth-order valence-corrected chi connectivity index (χ4v) is 4.22. The molecule has 0 N–H and O–H groups in total. The summed E-state index contributed by atoms with van der Waals surface area (Å²) in [4.78, 5) is 0. The monoisotopic (exact) mass is 386 g/mol. The minimum atomic E-state index is -2.36. The number of rotatable bonds is 16. The molecule has 0 aliphatic heterocycles. The third-order valence-electron chi connectivity index (χ3n) is 3.60. The largest absolute Gasteiger partial charge is 0.377 e. The highest BCUT2D eigenvalue weighted by atomic mass is 35.8. The van der Waals surface area contributed by atoms with Gasteiger partial charge < -0.3 is 4.74 Å². The Morgan fingerprint density at radius 2 is 1.18 bits per heavy atom. The first-order valence-corrected chi connectivity index (χ1v) is 13.9. The highest BCUT2D eigenvalue weighted by molar-refractivity contribution is 7.64. The van der Waals surface area contributed by atoms with Crippen molar-refractivity contribution in [2.75, 3.05) is 13.2 Å². The Labute approximate surface area is 152 Å². The number of halogens is 3. The third-order valence-corrected chi connectivity index (χ3v) is 6.22. The van der Waals surface area contributed by atoms with Crippen molar-refractivity contribution in [3.05, 3.63) is 12.2 Å². The van der Waals surface area contributed by atoms with Crippen molar-refractivity contribution in [2.24, 2.45) is 0 Å². The molecule has 0 aromatic heterocycles. The van der Waals surface area contributed by atoms with E-state index in [0.29, 0.717) is 6.61 Å². The molecular weight excluding hydrogens is 355 g/mol. The molecule has 0 saturated carbocycles. The van der Waals surface area contributed by atoms with Crippen molar-refractivity contribution in [1.29, 1.82) is 0 Å². The fourth-order valence-electron chi connectivity index (χ4n) is 2.37. The van der Waals surface area contributed by atoms with E-state index in [1.165, 1.54) is 64.2 Å². The average Bonchev–Trinajstić information content (AvgIpc) is 2.41. The van der Waals surface area contributed by atoms with Crippen LogP contribution in [-0.4, -0.2) is 19.2 Å². The average molecular weight is 388 g/mol. The molecule has 0 aromatic rings. The van der Waals surface area contributed by atoms with Crippen LogP contribution in [0.4, 0.5) is 0 Å². The molecule has 5 heteroatoms. The zero-order valence-corrected chi connectivity index (χ0v) is 17.4. The van der Waals surface area contributed by atoms with Crippen LogP contribution in [0.1, 0.15) is 77.6 Å². The van der Waals surface area contributed by atoms with Gasteiger partial charge in [-0.25, -0.2) is 0 Å². The van der Waals surface area contributed by atoms with Crippen LogP contribution in [0.15, 0.2) is 12.2 Å². The van der Waals surface area contributed by atoms with Crippen molar-refractivity contribution in [1.82, 2.24) is 0 Å². The second-order valence-electron chi connectivity index (χ2n) is 6.26. The molecule has 0 heterocycles. The molecular formula is C17H33Cl3OSi. The highest BCUT2D eigenvalue weighted by Gasteiger charge is 2.23. The lowest BCUT2D eigenvalue weighted by molar-refractivity contribution is 0.151. The fraction of sp³-hybridized carbons (Fsp3) is 0.882. The standard InChI is InChI=1S/C17H33Cl3OSi/c1-17(2)16-21-14-12-10-8-6-4-3-5-7-9-11-13-15-22(18,19)20/h1,3-16H2,2H3. The van der Waals surface area contributed by atoms with Gasteiger partial charge in [0.2, 0.25) is 0 Å². The van der Waals surface area contributed by atoms with Gasteiger partial charge in [0.15, 0.2) is 0 Å². The first-order valence-electron chi connectivity index (χ1n) is 8.70. The molecule has 0 amide bonds. The van der Waals surface area contributed by atoms with E-state index in [9.17, 15) is 0 Å². The Hall–Kier alpha value is 0.787. The summed E-state index contributed by atoms with van der Waals surface area (Å²) in [7, 11) is 0. The molecule has 0 saturated heterocycles. The maximum Gasteiger partial charge on any atom is 0.341 e. The summed E-state index contributed by atoms with van der Waals surface area (Å²) >= 11 is 17.6. The van der Waals surface area contributed by atoms with E-state index < -0.39 is 6.00 Å². The summed E-state index contributed by atoms with van der Waals surface area (Å²) in [5, 5.41) is 0. The van der Waals surface area contributed by atoms with Gasteiger partial charge in [0, 0.05) is 6.61 Å². The van der Waals surface area contributed by atoms with Gasteiger partial charge in [-0.05, 0) is 19.4 Å². The minimum Gasteiger partial charge on any atom is -0.377 e. The predicted molar refractivity (Wildman–Crippen MR) is 105 cm³/mol. The summed E-state index contributed by atoms with van der Waals surface area (Å²) in [5.41, 5.74) is 1.11. The first kappa shape index (κ1) is 22.8. The number of ether oxygens (including phenoxy) is 1. The zero-order valence-electron chi connectivity index (χ0n) is 14.1. The van der Waals surface area contributed by atoms with Crippen LogP contribution in [0.3, 0.4) is 0 Å². The van der Waals surface area contributed by atoms with E-state index in [1.54, 1.807) is 0 Å². The van der Waals surface area contributed by atoms with Crippen LogP contribution in [0.5, 0.6) is 0 Å². The molecule has 0 atom stereocenters. The van der Waals surface area contributed by atoms with Crippen LogP contribution >= 0.6 is 33.2 Å². The van der Waals surface area contributed by atoms with Crippen LogP contribution < -0.4 is 0 Å². The SMILES string of the molecule is C=C(C)COCCCCCCCCCCCCC[Si](Cl)(Cl)Cl. The van der Waals surface area contributed by atoms with E-state index in [0.717, 1.165) is 24.6 Å². The van der Waals surface area contributed by atoms with Crippen molar-refractivity contribution in [3.8, 4) is 0 Å². The molecule has 1 nitrogen and oxygen atoms in total. The maximum absolute atomic E-state index is 5.86. The number of hydrogen-bond acceptors (Lipinski definition) is 1. The van der Waals surface area contributed by atoms with Gasteiger partial charge in [0.1, 0.15) is 0 Å². The Balaban J connectivity index is 3.04. The molecule has 0 rings (SSSR count). The van der Waals surface area contributed by atoms with Gasteiger partial charge in [-0.1, -0.05) is 76.4 Å². The summed E-state index contributed by atoms with van der Waals surface area (Å²) in [6, 6.07) is -1.55. The van der Waals surface area contributed by atoms with Crippen molar-refractivity contribution >= 4 is 39.2 Å². The normalized spacial score (nSPS) is 11.8. The molecule has 0 unspecified atom stereocenters. The summed E-state index contributed by atoms with van der Waals surface area (Å²) in [5.74, 6) is 0. The second-order valence-corrected chi connectivity index (χ2v) is 15.5. The first-order chi connectivity index (χ1) is 10.4. The molecule has 22 heavy (non-hydrogen) atoms. The summed E-state index contributed by atoms with van der Waals surface area (Å²) < 4.78 is 5.49. The molecule has 0 aromatic carbocycles. The van der Waals surface area contributed by atoms with Gasteiger partial charge in [0.05, 0.1) is 6.61 Å².